The molecule has 200 valence electrons. The number of amides is 1. The van der Waals surface area contributed by atoms with E-state index in [1.165, 1.54) is 18.2 Å². The van der Waals surface area contributed by atoms with Crippen molar-refractivity contribution >= 4 is 11.9 Å². The highest BCUT2D eigenvalue weighted by molar-refractivity contribution is 5.99. The molecule has 0 bridgehead atoms. The van der Waals surface area contributed by atoms with E-state index in [2.05, 4.69) is 34.5 Å². The summed E-state index contributed by atoms with van der Waals surface area (Å²) in [6.45, 7) is 4.35. The zero-order valence-electron chi connectivity index (χ0n) is 21.9. The Bertz CT molecular complexity index is 1540. The normalized spacial score (nSPS) is 13.6. The molecule has 1 saturated carbocycles. The van der Waals surface area contributed by atoms with E-state index in [9.17, 15) is 14.0 Å². The van der Waals surface area contributed by atoms with Crippen LogP contribution in [0.2, 0.25) is 0 Å². The summed E-state index contributed by atoms with van der Waals surface area (Å²) in [5.74, 6) is -1.50. The molecule has 4 aromatic rings. The standard InChI is InChI=1S/C30H28FN3O5/c1-4-38-29(36)30(13-14-30)33-27(35)24-12-9-19(16-25(24)31)26-32-28(39-34-26)20-10-11-23(21(15-20)17-37-3)22-8-6-5-7-18(22)2/h5-12,15-16H,4,13-14,17H2,1-3H3,(H,33,35). The summed E-state index contributed by atoms with van der Waals surface area (Å²) in [4.78, 5) is 29.3. The van der Waals surface area contributed by atoms with Gasteiger partial charge in [0.1, 0.15) is 11.4 Å². The highest BCUT2D eigenvalue weighted by atomic mass is 19.1. The van der Waals surface area contributed by atoms with Gasteiger partial charge in [-0.2, -0.15) is 4.98 Å². The fraction of sp³-hybridized carbons (Fsp3) is 0.267. The maximum absolute atomic E-state index is 15.0. The second-order valence-corrected chi connectivity index (χ2v) is 9.49. The summed E-state index contributed by atoms with van der Waals surface area (Å²) in [7, 11) is 1.64. The Hall–Kier alpha value is -4.37. The third-order valence-electron chi connectivity index (χ3n) is 6.75. The molecule has 3 aromatic carbocycles. The van der Waals surface area contributed by atoms with Crippen molar-refractivity contribution in [2.75, 3.05) is 13.7 Å². The number of aromatic nitrogens is 2. The zero-order chi connectivity index (χ0) is 27.6. The highest BCUT2D eigenvalue weighted by Crippen LogP contribution is 2.37. The van der Waals surface area contributed by atoms with E-state index in [0.29, 0.717) is 30.6 Å². The number of hydrogen-bond donors (Lipinski definition) is 1. The molecule has 39 heavy (non-hydrogen) atoms. The maximum Gasteiger partial charge on any atom is 0.331 e. The smallest absolute Gasteiger partial charge is 0.331 e. The van der Waals surface area contributed by atoms with Crippen molar-refractivity contribution in [3.63, 3.8) is 0 Å². The summed E-state index contributed by atoms with van der Waals surface area (Å²) in [6.07, 6.45) is 0.919. The van der Waals surface area contributed by atoms with Gasteiger partial charge >= 0.3 is 5.97 Å². The number of carbonyl (C=O) groups excluding carboxylic acids is 2. The van der Waals surface area contributed by atoms with Gasteiger partial charge in [0.25, 0.3) is 11.8 Å². The number of halogens is 1. The van der Waals surface area contributed by atoms with E-state index < -0.39 is 23.2 Å². The summed E-state index contributed by atoms with van der Waals surface area (Å²) < 4.78 is 30.9. The molecule has 1 N–H and O–H groups in total. The lowest BCUT2D eigenvalue weighted by Gasteiger charge is -2.16. The minimum absolute atomic E-state index is 0.178. The first-order valence-corrected chi connectivity index (χ1v) is 12.7. The van der Waals surface area contributed by atoms with Crippen molar-refractivity contribution in [3.8, 4) is 34.0 Å². The molecule has 9 heteroatoms. The number of aryl methyl sites for hydroxylation is 1. The number of esters is 1. The molecule has 0 spiro atoms. The lowest BCUT2D eigenvalue weighted by atomic mass is 9.94. The van der Waals surface area contributed by atoms with Crippen LogP contribution in [0.4, 0.5) is 4.39 Å². The van der Waals surface area contributed by atoms with Gasteiger partial charge in [-0.1, -0.05) is 41.6 Å². The van der Waals surface area contributed by atoms with E-state index in [-0.39, 0.29) is 23.9 Å². The predicted molar refractivity (Wildman–Crippen MR) is 142 cm³/mol. The molecule has 0 saturated heterocycles. The Morgan fingerprint density at radius 3 is 2.51 bits per heavy atom. The van der Waals surface area contributed by atoms with Gasteiger partial charge < -0.3 is 19.3 Å². The van der Waals surface area contributed by atoms with Gasteiger partial charge in [-0.25, -0.2) is 9.18 Å². The van der Waals surface area contributed by atoms with Crippen LogP contribution in [-0.4, -0.2) is 41.3 Å². The lowest BCUT2D eigenvalue weighted by Crippen LogP contribution is -2.44. The summed E-state index contributed by atoms with van der Waals surface area (Å²) >= 11 is 0. The second kappa shape index (κ2) is 10.8. The molecule has 0 aliphatic heterocycles. The Morgan fingerprint density at radius 1 is 1.05 bits per heavy atom. The Morgan fingerprint density at radius 2 is 1.82 bits per heavy atom. The summed E-state index contributed by atoms with van der Waals surface area (Å²) in [5.41, 5.74) is 4.05. The van der Waals surface area contributed by atoms with Crippen molar-refractivity contribution in [2.24, 2.45) is 0 Å². The monoisotopic (exact) mass is 529 g/mol. The Balaban J connectivity index is 1.37. The van der Waals surface area contributed by atoms with E-state index in [4.69, 9.17) is 14.0 Å². The third kappa shape index (κ3) is 5.31. The molecule has 5 rings (SSSR count). The first-order chi connectivity index (χ1) is 18.8. The first kappa shape index (κ1) is 26.2. The van der Waals surface area contributed by atoms with Crippen LogP contribution in [0.15, 0.2) is 65.2 Å². The molecule has 0 atom stereocenters. The number of nitrogens with zero attached hydrogens (tertiary/aromatic N) is 2. The number of benzene rings is 3. The van der Waals surface area contributed by atoms with Crippen LogP contribution in [0.3, 0.4) is 0 Å². The average Bonchev–Trinajstić information content (AvgIpc) is 3.54. The maximum atomic E-state index is 15.0. The number of carbonyl (C=O) groups is 2. The molecule has 1 aliphatic carbocycles. The molecule has 0 radical (unpaired) electrons. The molecule has 8 nitrogen and oxygen atoms in total. The number of ether oxygens (including phenoxy) is 2. The predicted octanol–water partition coefficient (Wildman–Crippen LogP) is 5.49. The van der Waals surface area contributed by atoms with Crippen LogP contribution >= 0.6 is 0 Å². The van der Waals surface area contributed by atoms with Crippen LogP contribution in [0, 0.1) is 12.7 Å². The molecular weight excluding hydrogens is 501 g/mol. The van der Waals surface area contributed by atoms with Crippen molar-refractivity contribution in [2.45, 2.75) is 38.8 Å². The topological polar surface area (TPSA) is 104 Å². The van der Waals surface area contributed by atoms with Crippen LogP contribution in [-0.2, 0) is 20.9 Å². The minimum Gasteiger partial charge on any atom is -0.464 e. The van der Waals surface area contributed by atoms with Crippen molar-refractivity contribution in [1.82, 2.24) is 15.5 Å². The number of nitrogens with one attached hydrogen (secondary N) is 1. The minimum atomic E-state index is -1.07. The van der Waals surface area contributed by atoms with Crippen molar-refractivity contribution in [3.05, 3.63) is 83.2 Å². The van der Waals surface area contributed by atoms with Gasteiger partial charge in [-0.3, -0.25) is 4.79 Å². The van der Waals surface area contributed by atoms with E-state index in [1.807, 2.05) is 30.3 Å². The molecule has 1 heterocycles. The van der Waals surface area contributed by atoms with Crippen molar-refractivity contribution < 1.29 is 28.0 Å². The summed E-state index contributed by atoms with van der Waals surface area (Å²) in [6, 6.07) is 18.0. The van der Waals surface area contributed by atoms with Gasteiger partial charge in [0.05, 0.1) is 18.8 Å². The number of rotatable bonds is 9. The fourth-order valence-corrected chi connectivity index (χ4v) is 4.49. The van der Waals surface area contributed by atoms with Crippen LogP contribution < -0.4 is 5.32 Å². The molecule has 1 amide bonds. The molecule has 1 aliphatic rings. The molecule has 0 unspecified atom stereocenters. The Kier molecular flexibility index (Phi) is 7.26. The van der Waals surface area contributed by atoms with Gasteiger partial charge in [-0.05, 0) is 73.2 Å². The van der Waals surface area contributed by atoms with Crippen LogP contribution in [0.25, 0.3) is 34.0 Å². The van der Waals surface area contributed by atoms with E-state index in [1.54, 1.807) is 14.0 Å². The van der Waals surface area contributed by atoms with Gasteiger partial charge in [-0.15, -0.1) is 0 Å². The Labute approximate surface area is 225 Å². The first-order valence-electron chi connectivity index (χ1n) is 12.7. The second-order valence-electron chi connectivity index (χ2n) is 9.49. The lowest BCUT2D eigenvalue weighted by molar-refractivity contribution is -0.146. The van der Waals surface area contributed by atoms with Crippen LogP contribution in [0.5, 0.6) is 0 Å². The number of methoxy groups -OCH3 is 1. The highest BCUT2D eigenvalue weighted by Gasteiger charge is 2.53. The molecular formula is C30H28FN3O5. The zero-order valence-corrected chi connectivity index (χ0v) is 21.9. The molecule has 1 aromatic heterocycles. The van der Waals surface area contributed by atoms with E-state index >= 15 is 0 Å². The van der Waals surface area contributed by atoms with Gasteiger partial charge in [0.15, 0.2) is 0 Å². The third-order valence-corrected chi connectivity index (χ3v) is 6.75. The average molecular weight is 530 g/mol. The molecule has 1 fully saturated rings. The largest absolute Gasteiger partial charge is 0.464 e. The van der Waals surface area contributed by atoms with Crippen LogP contribution in [0.1, 0.15) is 41.3 Å². The number of hydrogen-bond acceptors (Lipinski definition) is 7. The SMILES string of the molecule is CCOC(=O)C1(NC(=O)c2ccc(-c3noc(-c4ccc(-c5ccccc5C)c(COC)c4)n3)cc2F)CC1. The fourth-order valence-electron chi connectivity index (χ4n) is 4.49. The quantitative estimate of drug-likeness (QED) is 0.286. The van der Waals surface area contributed by atoms with E-state index in [0.717, 1.165) is 22.3 Å². The summed E-state index contributed by atoms with van der Waals surface area (Å²) in [5, 5.41) is 6.63. The van der Waals surface area contributed by atoms with Crippen molar-refractivity contribution in [1.29, 1.82) is 0 Å². The van der Waals surface area contributed by atoms with Gasteiger partial charge in [0, 0.05) is 18.2 Å². The van der Waals surface area contributed by atoms with Gasteiger partial charge in [0.2, 0.25) is 5.82 Å².